The number of benzene rings is 2. The van der Waals surface area contributed by atoms with Crippen LogP contribution in [0.2, 0.25) is 5.02 Å². The van der Waals surface area contributed by atoms with Crippen LogP contribution in [0.4, 0.5) is 10.5 Å². The fourth-order valence-corrected chi connectivity index (χ4v) is 2.21. The van der Waals surface area contributed by atoms with Crippen LogP contribution in [0.25, 0.3) is 11.0 Å². The number of rotatable bonds is 3. The first-order valence-electron chi connectivity index (χ1n) is 6.44. The van der Waals surface area contributed by atoms with Gasteiger partial charge in [0.25, 0.3) is 0 Å². The highest BCUT2D eigenvalue weighted by molar-refractivity contribution is 6.31. The van der Waals surface area contributed by atoms with Crippen molar-refractivity contribution in [1.29, 1.82) is 0 Å². The Morgan fingerprint density at radius 3 is 2.95 bits per heavy atom. The quantitative estimate of drug-likeness (QED) is 0.692. The number of fused-ring (bicyclic) bond motifs is 1. The molecule has 3 N–H and O–H groups in total. The maximum atomic E-state index is 11.9. The van der Waals surface area contributed by atoms with E-state index in [0.29, 0.717) is 17.3 Å². The second-order valence-corrected chi connectivity index (χ2v) is 4.94. The number of urea groups is 1. The number of nitrogens with zero attached hydrogens (tertiary/aromatic N) is 1. The van der Waals surface area contributed by atoms with Gasteiger partial charge in [-0.3, -0.25) is 0 Å². The first kappa shape index (κ1) is 13.5. The van der Waals surface area contributed by atoms with Gasteiger partial charge < -0.3 is 15.6 Å². The van der Waals surface area contributed by atoms with E-state index in [9.17, 15) is 4.79 Å². The highest BCUT2D eigenvalue weighted by atomic mass is 35.5. The van der Waals surface area contributed by atoms with Crippen LogP contribution < -0.4 is 10.6 Å². The van der Waals surface area contributed by atoms with Crippen molar-refractivity contribution in [3.8, 4) is 0 Å². The van der Waals surface area contributed by atoms with Crippen LogP contribution in [0, 0.1) is 0 Å². The summed E-state index contributed by atoms with van der Waals surface area (Å²) in [4.78, 5) is 19.0. The minimum Gasteiger partial charge on any atom is -0.345 e. The molecule has 0 bridgehead atoms. The average molecular weight is 301 g/mol. The number of carbonyl (C=O) groups excluding carboxylic acids is 1. The summed E-state index contributed by atoms with van der Waals surface area (Å²) in [6, 6.07) is 12.6. The summed E-state index contributed by atoms with van der Waals surface area (Å²) in [5, 5.41) is 6.18. The molecule has 1 aromatic heterocycles. The number of imidazole rings is 1. The molecule has 3 aromatic rings. The van der Waals surface area contributed by atoms with Crippen LogP contribution >= 0.6 is 11.6 Å². The Morgan fingerprint density at radius 2 is 2.10 bits per heavy atom. The largest absolute Gasteiger partial charge is 0.345 e. The van der Waals surface area contributed by atoms with Crippen LogP contribution in [-0.2, 0) is 6.54 Å². The van der Waals surface area contributed by atoms with Crippen LogP contribution in [0.15, 0.2) is 48.8 Å². The van der Waals surface area contributed by atoms with Crippen molar-refractivity contribution in [3.05, 3.63) is 59.4 Å². The van der Waals surface area contributed by atoms with E-state index in [1.165, 1.54) is 0 Å². The fourth-order valence-electron chi connectivity index (χ4n) is 2.01. The molecule has 5 nitrogen and oxygen atoms in total. The van der Waals surface area contributed by atoms with Crippen molar-refractivity contribution >= 4 is 34.4 Å². The van der Waals surface area contributed by atoms with E-state index in [4.69, 9.17) is 11.6 Å². The Balaban J connectivity index is 1.62. The summed E-state index contributed by atoms with van der Waals surface area (Å²) in [5.41, 5.74) is 3.30. The highest BCUT2D eigenvalue weighted by Gasteiger charge is 2.05. The lowest BCUT2D eigenvalue weighted by Gasteiger charge is -2.08. The fraction of sp³-hybridized carbons (Fsp3) is 0.0667. The molecule has 2 aromatic carbocycles. The maximum absolute atomic E-state index is 11.9. The molecular weight excluding hydrogens is 288 g/mol. The van der Waals surface area contributed by atoms with Gasteiger partial charge in [-0.1, -0.05) is 29.8 Å². The number of halogens is 1. The molecule has 3 rings (SSSR count). The number of H-pyrrole nitrogens is 1. The summed E-state index contributed by atoms with van der Waals surface area (Å²) in [6.45, 7) is 0.373. The third-order valence-corrected chi connectivity index (χ3v) is 3.44. The Morgan fingerprint density at radius 1 is 1.24 bits per heavy atom. The smallest absolute Gasteiger partial charge is 0.319 e. The molecule has 0 saturated heterocycles. The molecule has 0 atom stereocenters. The van der Waals surface area contributed by atoms with E-state index in [2.05, 4.69) is 20.6 Å². The minimum atomic E-state index is -0.284. The number of amides is 2. The van der Waals surface area contributed by atoms with Gasteiger partial charge in [-0.2, -0.15) is 0 Å². The van der Waals surface area contributed by atoms with Gasteiger partial charge >= 0.3 is 6.03 Å². The molecular formula is C15H13ClN4O. The van der Waals surface area contributed by atoms with Crippen LogP contribution in [-0.4, -0.2) is 16.0 Å². The number of nitrogens with one attached hydrogen (secondary N) is 3. The number of carbonyl (C=O) groups is 1. The zero-order valence-electron chi connectivity index (χ0n) is 11.1. The van der Waals surface area contributed by atoms with Gasteiger partial charge in [0.1, 0.15) is 0 Å². The van der Waals surface area contributed by atoms with Crippen LogP contribution in [0.1, 0.15) is 5.56 Å². The van der Waals surface area contributed by atoms with Crippen LogP contribution in [0.5, 0.6) is 0 Å². The van der Waals surface area contributed by atoms with Crippen molar-refractivity contribution in [2.45, 2.75) is 6.54 Å². The Kier molecular flexibility index (Phi) is 3.75. The molecule has 0 aliphatic carbocycles. The SMILES string of the molecule is O=C(NCc1ccccc1Cl)Nc1ccc2nc[nH]c2c1. The standard InChI is InChI=1S/C15H13ClN4O/c16-12-4-2-1-3-10(12)8-17-15(21)20-11-5-6-13-14(7-11)19-9-18-13/h1-7,9H,8H2,(H,18,19)(H2,17,20,21). The van der Waals surface area contributed by atoms with Crippen molar-refractivity contribution < 1.29 is 4.79 Å². The van der Waals surface area contributed by atoms with Crippen molar-refractivity contribution in [1.82, 2.24) is 15.3 Å². The number of hydrogen-bond donors (Lipinski definition) is 3. The number of anilines is 1. The van der Waals surface area contributed by atoms with Crippen molar-refractivity contribution in [2.75, 3.05) is 5.32 Å². The molecule has 2 amide bonds. The Bertz CT molecular complexity index is 784. The maximum Gasteiger partial charge on any atom is 0.319 e. The van der Waals surface area contributed by atoms with E-state index in [0.717, 1.165) is 16.6 Å². The summed E-state index contributed by atoms with van der Waals surface area (Å²) in [7, 11) is 0. The van der Waals surface area contributed by atoms with Crippen molar-refractivity contribution in [2.24, 2.45) is 0 Å². The van der Waals surface area contributed by atoms with Crippen LogP contribution in [0.3, 0.4) is 0 Å². The van der Waals surface area contributed by atoms with Gasteiger partial charge in [-0.05, 0) is 29.8 Å². The molecule has 0 aliphatic heterocycles. The second kappa shape index (κ2) is 5.85. The highest BCUT2D eigenvalue weighted by Crippen LogP contribution is 2.16. The lowest BCUT2D eigenvalue weighted by atomic mass is 10.2. The predicted molar refractivity (Wildman–Crippen MR) is 83.4 cm³/mol. The molecule has 6 heteroatoms. The van der Waals surface area contributed by atoms with Gasteiger partial charge in [-0.25, -0.2) is 9.78 Å². The summed E-state index contributed by atoms with van der Waals surface area (Å²) < 4.78 is 0. The van der Waals surface area contributed by atoms with Gasteiger partial charge in [0.2, 0.25) is 0 Å². The van der Waals surface area contributed by atoms with E-state index in [1.54, 1.807) is 18.5 Å². The molecule has 0 saturated carbocycles. The third-order valence-electron chi connectivity index (χ3n) is 3.08. The zero-order valence-corrected chi connectivity index (χ0v) is 11.8. The molecule has 21 heavy (non-hydrogen) atoms. The number of aromatic nitrogens is 2. The van der Waals surface area contributed by atoms with E-state index in [-0.39, 0.29) is 6.03 Å². The molecule has 0 radical (unpaired) electrons. The van der Waals surface area contributed by atoms with E-state index < -0.39 is 0 Å². The number of hydrogen-bond acceptors (Lipinski definition) is 2. The minimum absolute atomic E-state index is 0.284. The molecule has 0 spiro atoms. The molecule has 0 fully saturated rings. The molecule has 0 aliphatic rings. The number of aromatic amines is 1. The summed E-state index contributed by atoms with van der Waals surface area (Å²) in [5.74, 6) is 0. The normalized spacial score (nSPS) is 10.5. The van der Waals surface area contributed by atoms with Crippen molar-refractivity contribution in [3.63, 3.8) is 0 Å². The second-order valence-electron chi connectivity index (χ2n) is 4.53. The average Bonchev–Trinajstić information content (AvgIpc) is 2.94. The summed E-state index contributed by atoms with van der Waals surface area (Å²) >= 11 is 6.04. The van der Waals surface area contributed by atoms with Gasteiger partial charge in [0.15, 0.2) is 0 Å². The predicted octanol–water partition coefficient (Wildman–Crippen LogP) is 3.54. The summed E-state index contributed by atoms with van der Waals surface area (Å²) in [6.07, 6.45) is 1.62. The van der Waals surface area contributed by atoms with Gasteiger partial charge in [0, 0.05) is 17.3 Å². The lowest BCUT2D eigenvalue weighted by molar-refractivity contribution is 0.252. The molecule has 1 heterocycles. The van der Waals surface area contributed by atoms with E-state index in [1.807, 2.05) is 30.3 Å². The third kappa shape index (κ3) is 3.14. The lowest BCUT2D eigenvalue weighted by Crippen LogP contribution is -2.28. The monoisotopic (exact) mass is 300 g/mol. The molecule has 0 unspecified atom stereocenters. The molecule has 106 valence electrons. The first-order chi connectivity index (χ1) is 10.2. The topological polar surface area (TPSA) is 69.8 Å². The zero-order chi connectivity index (χ0) is 14.7. The first-order valence-corrected chi connectivity index (χ1v) is 6.81. The Labute approximate surface area is 126 Å². The van der Waals surface area contributed by atoms with E-state index >= 15 is 0 Å². The Hall–Kier alpha value is -2.53. The van der Waals surface area contributed by atoms with Gasteiger partial charge in [-0.15, -0.1) is 0 Å². The van der Waals surface area contributed by atoms with Gasteiger partial charge in [0.05, 0.1) is 17.4 Å².